The molecule has 1 aromatic carbocycles. The number of nitriles is 1. The van der Waals surface area contributed by atoms with Gasteiger partial charge in [0.25, 0.3) is 0 Å². The monoisotopic (exact) mass is 424 g/mol. The van der Waals surface area contributed by atoms with Gasteiger partial charge in [0.1, 0.15) is 23.2 Å². The number of hydrogen-bond acceptors (Lipinski definition) is 6. The Kier molecular flexibility index (Phi) is 6.01. The summed E-state index contributed by atoms with van der Waals surface area (Å²) >= 11 is 3.41. The molecule has 0 atom stereocenters. The number of hydrogen-bond donors (Lipinski definition) is 1. The van der Waals surface area contributed by atoms with E-state index in [0.717, 1.165) is 27.1 Å². The van der Waals surface area contributed by atoms with E-state index in [1.807, 2.05) is 49.4 Å². The van der Waals surface area contributed by atoms with Crippen LogP contribution in [0, 0.1) is 18.3 Å². The molecule has 6 nitrogen and oxygen atoms in total. The molecule has 3 aromatic rings. The van der Waals surface area contributed by atoms with Crippen LogP contribution >= 0.6 is 15.9 Å². The molecule has 0 aliphatic heterocycles. The normalized spacial score (nSPS) is 10.9. The molecule has 0 bridgehead atoms. The van der Waals surface area contributed by atoms with Gasteiger partial charge in [0.2, 0.25) is 0 Å². The van der Waals surface area contributed by atoms with Crippen LogP contribution in [0.15, 0.2) is 56.5 Å². The van der Waals surface area contributed by atoms with Crippen molar-refractivity contribution in [1.29, 1.82) is 5.26 Å². The molecule has 0 aliphatic rings. The topological polar surface area (TPSA) is 83.4 Å². The van der Waals surface area contributed by atoms with Crippen LogP contribution in [0.5, 0.6) is 0 Å². The predicted molar refractivity (Wildman–Crippen MR) is 107 cm³/mol. The molecular weight excluding hydrogens is 408 g/mol. The Balaban J connectivity index is 1.77. The van der Waals surface area contributed by atoms with E-state index < -0.39 is 0 Å². The number of ether oxygens (including phenoxy) is 1. The maximum Gasteiger partial charge on any atom is 0.164 e. The SMILES string of the molecule is COCc1cc(C)nc(N/N=C/c2ccc(-c3ccc(Br)cc3)o2)c1C#N. The van der Waals surface area contributed by atoms with Crippen molar-refractivity contribution in [3.63, 3.8) is 0 Å². The summed E-state index contributed by atoms with van der Waals surface area (Å²) in [4.78, 5) is 4.34. The number of methoxy groups -OCH3 is 1. The number of nitrogens with zero attached hydrogens (tertiary/aromatic N) is 3. The smallest absolute Gasteiger partial charge is 0.164 e. The Morgan fingerprint density at radius 1 is 1.30 bits per heavy atom. The fourth-order valence-electron chi connectivity index (χ4n) is 2.56. The Bertz CT molecular complexity index is 1000. The van der Waals surface area contributed by atoms with Crippen LogP contribution in [0.2, 0.25) is 0 Å². The first-order valence-electron chi connectivity index (χ1n) is 8.15. The van der Waals surface area contributed by atoms with Gasteiger partial charge in [-0.25, -0.2) is 4.98 Å². The van der Waals surface area contributed by atoms with Gasteiger partial charge in [-0.1, -0.05) is 28.1 Å². The Labute approximate surface area is 165 Å². The van der Waals surface area contributed by atoms with E-state index >= 15 is 0 Å². The standard InChI is InChI=1S/C20H17BrN4O2/c1-13-9-15(12-26-2)18(10-22)20(24-13)25-23-11-17-7-8-19(27-17)14-3-5-16(21)6-4-14/h3-9,11H,12H2,1-2H3,(H,24,25)/b23-11+. The van der Waals surface area contributed by atoms with Gasteiger partial charge in [-0.15, -0.1) is 0 Å². The Morgan fingerprint density at radius 2 is 2.07 bits per heavy atom. The number of nitrogens with one attached hydrogen (secondary N) is 1. The molecule has 7 heteroatoms. The van der Waals surface area contributed by atoms with Crippen LogP contribution in [-0.4, -0.2) is 18.3 Å². The molecule has 0 saturated heterocycles. The molecule has 0 radical (unpaired) electrons. The lowest BCUT2D eigenvalue weighted by molar-refractivity contribution is 0.184. The van der Waals surface area contributed by atoms with Crippen molar-refractivity contribution in [2.24, 2.45) is 5.10 Å². The molecule has 2 heterocycles. The zero-order valence-electron chi connectivity index (χ0n) is 14.9. The second-order valence-corrected chi connectivity index (χ2v) is 6.69. The molecule has 0 unspecified atom stereocenters. The van der Waals surface area contributed by atoms with Gasteiger partial charge in [0, 0.05) is 28.4 Å². The lowest BCUT2D eigenvalue weighted by Crippen LogP contribution is -2.03. The van der Waals surface area contributed by atoms with Gasteiger partial charge < -0.3 is 9.15 Å². The molecule has 0 saturated carbocycles. The number of aryl methyl sites for hydroxylation is 1. The molecular formula is C20H17BrN4O2. The molecule has 1 N–H and O–H groups in total. The number of hydrazone groups is 1. The third-order valence-corrected chi connectivity index (χ3v) is 4.29. The number of furan rings is 1. The van der Waals surface area contributed by atoms with Crippen LogP contribution in [0.4, 0.5) is 5.82 Å². The molecule has 0 fully saturated rings. The maximum absolute atomic E-state index is 9.42. The summed E-state index contributed by atoms with van der Waals surface area (Å²) in [5.41, 5.74) is 5.75. The second kappa shape index (κ2) is 8.62. The van der Waals surface area contributed by atoms with Crippen molar-refractivity contribution in [2.45, 2.75) is 13.5 Å². The molecule has 2 aromatic heterocycles. The Hall–Kier alpha value is -2.95. The van der Waals surface area contributed by atoms with Crippen LogP contribution < -0.4 is 5.43 Å². The third-order valence-electron chi connectivity index (χ3n) is 3.76. The predicted octanol–water partition coefficient (Wildman–Crippen LogP) is 4.88. The van der Waals surface area contributed by atoms with E-state index in [2.05, 4.69) is 37.5 Å². The van der Waals surface area contributed by atoms with Gasteiger partial charge in [0.05, 0.1) is 12.8 Å². The van der Waals surface area contributed by atoms with Gasteiger partial charge in [-0.3, -0.25) is 5.43 Å². The second-order valence-electron chi connectivity index (χ2n) is 5.77. The zero-order chi connectivity index (χ0) is 19.2. The molecule has 0 aliphatic carbocycles. The lowest BCUT2D eigenvalue weighted by Gasteiger charge is -2.08. The maximum atomic E-state index is 9.42. The van der Waals surface area contributed by atoms with Crippen molar-refractivity contribution >= 4 is 28.0 Å². The summed E-state index contributed by atoms with van der Waals surface area (Å²) in [7, 11) is 1.59. The van der Waals surface area contributed by atoms with Gasteiger partial charge in [-0.2, -0.15) is 10.4 Å². The van der Waals surface area contributed by atoms with E-state index in [4.69, 9.17) is 9.15 Å². The molecule has 3 rings (SSSR count). The largest absolute Gasteiger partial charge is 0.455 e. The quantitative estimate of drug-likeness (QED) is 0.450. The molecule has 0 spiro atoms. The highest BCUT2D eigenvalue weighted by Gasteiger charge is 2.11. The average Bonchev–Trinajstić information content (AvgIpc) is 3.11. The molecule has 136 valence electrons. The van der Waals surface area contributed by atoms with Crippen molar-refractivity contribution in [2.75, 3.05) is 12.5 Å². The highest BCUT2D eigenvalue weighted by molar-refractivity contribution is 9.10. The number of halogens is 1. The highest BCUT2D eigenvalue weighted by Crippen LogP contribution is 2.23. The number of anilines is 1. The number of benzene rings is 1. The van der Waals surface area contributed by atoms with E-state index in [-0.39, 0.29) is 0 Å². The van der Waals surface area contributed by atoms with Gasteiger partial charge in [0.15, 0.2) is 5.82 Å². The molecule has 27 heavy (non-hydrogen) atoms. The van der Waals surface area contributed by atoms with Gasteiger partial charge in [-0.05, 0) is 37.3 Å². The zero-order valence-corrected chi connectivity index (χ0v) is 16.4. The average molecular weight is 425 g/mol. The van der Waals surface area contributed by atoms with Crippen molar-refractivity contribution < 1.29 is 9.15 Å². The summed E-state index contributed by atoms with van der Waals surface area (Å²) in [5, 5.41) is 13.6. The summed E-state index contributed by atoms with van der Waals surface area (Å²) < 4.78 is 11.9. The van der Waals surface area contributed by atoms with Crippen LogP contribution in [-0.2, 0) is 11.3 Å². The van der Waals surface area contributed by atoms with Crippen LogP contribution in [0.25, 0.3) is 11.3 Å². The summed E-state index contributed by atoms with van der Waals surface area (Å²) in [6, 6.07) is 15.5. The lowest BCUT2D eigenvalue weighted by atomic mass is 10.1. The molecule has 0 amide bonds. The summed E-state index contributed by atoms with van der Waals surface area (Å²) in [6.07, 6.45) is 1.55. The van der Waals surface area contributed by atoms with Crippen molar-refractivity contribution in [3.05, 3.63) is 69.5 Å². The highest BCUT2D eigenvalue weighted by atomic mass is 79.9. The van der Waals surface area contributed by atoms with E-state index in [1.54, 1.807) is 13.3 Å². The van der Waals surface area contributed by atoms with E-state index in [9.17, 15) is 5.26 Å². The van der Waals surface area contributed by atoms with Crippen molar-refractivity contribution in [1.82, 2.24) is 4.98 Å². The summed E-state index contributed by atoms with van der Waals surface area (Å²) in [6.45, 7) is 2.19. The Morgan fingerprint density at radius 3 is 2.78 bits per heavy atom. The first kappa shape index (κ1) is 18.8. The minimum absolute atomic E-state index is 0.333. The summed E-state index contributed by atoms with van der Waals surface area (Å²) in [5.74, 6) is 1.72. The number of aromatic nitrogens is 1. The number of rotatable bonds is 6. The first-order valence-corrected chi connectivity index (χ1v) is 8.94. The fraction of sp³-hybridized carbons (Fsp3) is 0.150. The van der Waals surface area contributed by atoms with Crippen LogP contribution in [0.3, 0.4) is 0 Å². The van der Waals surface area contributed by atoms with Crippen molar-refractivity contribution in [3.8, 4) is 17.4 Å². The third kappa shape index (κ3) is 4.61. The minimum atomic E-state index is 0.333. The van der Waals surface area contributed by atoms with E-state index in [0.29, 0.717) is 23.7 Å². The number of pyridine rings is 1. The van der Waals surface area contributed by atoms with Crippen LogP contribution in [0.1, 0.15) is 22.6 Å². The van der Waals surface area contributed by atoms with E-state index in [1.165, 1.54) is 0 Å². The first-order chi connectivity index (χ1) is 13.1. The van der Waals surface area contributed by atoms with Gasteiger partial charge >= 0.3 is 0 Å². The fourth-order valence-corrected chi connectivity index (χ4v) is 2.83. The minimum Gasteiger partial charge on any atom is -0.455 e.